The summed E-state index contributed by atoms with van der Waals surface area (Å²) in [5, 5.41) is 11.7. The van der Waals surface area contributed by atoms with Crippen molar-refractivity contribution in [2.45, 2.75) is 31.8 Å². The molecule has 1 aliphatic carbocycles. The lowest BCUT2D eigenvalue weighted by Crippen LogP contribution is -2.23. The SMILES string of the molecule is O=C(Nc1ccccc1CO)C1CCC(F)(F)C1. The van der Waals surface area contributed by atoms with Gasteiger partial charge in [0.15, 0.2) is 0 Å². The number of hydrogen-bond donors (Lipinski definition) is 2. The maximum atomic E-state index is 13.0. The zero-order valence-corrected chi connectivity index (χ0v) is 9.83. The predicted molar refractivity (Wildman–Crippen MR) is 63.3 cm³/mol. The number of benzene rings is 1. The van der Waals surface area contributed by atoms with Gasteiger partial charge in [-0.1, -0.05) is 18.2 Å². The zero-order valence-electron chi connectivity index (χ0n) is 9.83. The van der Waals surface area contributed by atoms with Gasteiger partial charge in [0.25, 0.3) is 0 Å². The molecule has 0 aromatic heterocycles. The number of alkyl halides is 2. The molecule has 1 aromatic carbocycles. The zero-order chi connectivity index (χ0) is 13.2. The molecule has 18 heavy (non-hydrogen) atoms. The smallest absolute Gasteiger partial charge is 0.248 e. The molecule has 1 atom stereocenters. The van der Waals surface area contributed by atoms with Crippen LogP contribution in [0.25, 0.3) is 0 Å². The number of para-hydroxylation sites is 1. The standard InChI is InChI=1S/C13H15F2NO2/c14-13(15)6-5-9(7-13)12(18)16-11-4-2-1-3-10(11)8-17/h1-4,9,17H,5-8H2,(H,16,18). The molecule has 1 fully saturated rings. The van der Waals surface area contributed by atoms with E-state index in [2.05, 4.69) is 5.32 Å². The fourth-order valence-electron chi connectivity index (χ4n) is 2.19. The summed E-state index contributed by atoms with van der Waals surface area (Å²) in [5.74, 6) is -3.77. The molecule has 0 spiro atoms. The van der Waals surface area contributed by atoms with Crippen molar-refractivity contribution in [1.29, 1.82) is 0 Å². The molecule has 1 unspecified atom stereocenters. The third-order valence-electron chi connectivity index (χ3n) is 3.22. The summed E-state index contributed by atoms with van der Waals surface area (Å²) in [6.45, 7) is -0.197. The van der Waals surface area contributed by atoms with Crippen LogP contribution in [-0.4, -0.2) is 16.9 Å². The number of carbonyl (C=O) groups is 1. The quantitative estimate of drug-likeness (QED) is 0.872. The van der Waals surface area contributed by atoms with Gasteiger partial charge in [-0.2, -0.15) is 0 Å². The maximum absolute atomic E-state index is 13.0. The maximum Gasteiger partial charge on any atom is 0.248 e. The number of aliphatic hydroxyl groups excluding tert-OH is 1. The summed E-state index contributed by atoms with van der Waals surface area (Å²) in [7, 11) is 0. The normalized spacial score (nSPS) is 21.8. The van der Waals surface area contributed by atoms with Crippen molar-refractivity contribution in [3.8, 4) is 0 Å². The van der Waals surface area contributed by atoms with Gasteiger partial charge in [-0.3, -0.25) is 4.79 Å². The average Bonchev–Trinajstić information content (AvgIpc) is 2.70. The Hall–Kier alpha value is -1.49. The minimum Gasteiger partial charge on any atom is -0.392 e. The first-order valence-corrected chi connectivity index (χ1v) is 5.89. The van der Waals surface area contributed by atoms with Crippen LogP contribution in [0.5, 0.6) is 0 Å². The van der Waals surface area contributed by atoms with Gasteiger partial charge in [0.05, 0.1) is 6.61 Å². The van der Waals surface area contributed by atoms with E-state index in [4.69, 9.17) is 5.11 Å². The Morgan fingerprint density at radius 2 is 2.17 bits per heavy atom. The lowest BCUT2D eigenvalue weighted by Gasteiger charge is -2.13. The van der Waals surface area contributed by atoms with E-state index in [1.807, 2.05) is 0 Å². The molecule has 2 rings (SSSR count). The molecule has 1 saturated carbocycles. The number of nitrogens with one attached hydrogen (secondary N) is 1. The molecule has 0 aliphatic heterocycles. The second-order valence-electron chi connectivity index (χ2n) is 4.60. The number of carbonyl (C=O) groups excluding carboxylic acids is 1. The average molecular weight is 255 g/mol. The summed E-state index contributed by atoms with van der Waals surface area (Å²) >= 11 is 0. The minimum atomic E-state index is -2.72. The molecule has 1 aromatic rings. The van der Waals surface area contributed by atoms with Crippen molar-refractivity contribution < 1.29 is 18.7 Å². The van der Waals surface area contributed by atoms with E-state index in [0.29, 0.717) is 11.3 Å². The lowest BCUT2D eigenvalue weighted by atomic mass is 10.1. The highest BCUT2D eigenvalue weighted by molar-refractivity contribution is 5.93. The monoisotopic (exact) mass is 255 g/mol. The Balaban J connectivity index is 2.04. The third-order valence-corrected chi connectivity index (χ3v) is 3.22. The Morgan fingerprint density at radius 3 is 2.78 bits per heavy atom. The molecule has 5 heteroatoms. The molecule has 2 N–H and O–H groups in total. The van der Waals surface area contributed by atoms with Crippen molar-refractivity contribution in [1.82, 2.24) is 0 Å². The Kier molecular flexibility index (Phi) is 3.61. The van der Waals surface area contributed by atoms with Gasteiger partial charge in [0.1, 0.15) is 0 Å². The molecule has 0 bridgehead atoms. The molecule has 0 radical (unpaired) electrons. The van der Waals surface area contributed by atoms with E-state index in [1.165, 1.54) is 0 Å². The largest absolute Gasteiger partial charge is 0.392 e. The number of anilines is 1. The van der Waals surface area contributed by atoms with Crippen molar-refractivity contribution >= 4 is 11.6 Å². The highest BCUT2D eigenvalue weighted by Crippen LogP contribution is 2.39. The first-order valence-electron chi connectivity index (χ1n) is 5.89. The number of halogens is 2. The summed E-state index contributed by atoms with van der Waals surface area (Å²) in [6.07, 6.45) is -0.410. The molecule has 1 aliphatic rings. The summed E-state index contributed by atoms with van der Waals surface area (Å²) in [6, 6.07) is 6.79. The van der Waals surface area contributed by atoms with Crippen LogP contribution in [0, 0.1) is 5.92 Å². The van der Waals surface area contributed by atoms with Gasteiger partial charge in [-0.25, -0.2) is 8.78 Å². The van der Waals surface area contributed by atoms with Crippen molar-refractivity contribution in [2.24, 2.45) is 5.92 Å². The molecule has 3 nitrogen and oxygen atoms in total. The minimum absolute atomic E-state index is 0.197. The van der Waals surface area contributed by atoms with E-state index >= 15 is 0 Å². The fraction of sp³-hybridized carbons (Fsp3) is 0.462. The highest BCUT2D eigenvalue weighted by atomic mass is 19.3. The van der Waals surface area contributed by atoms with Crippen LogP contribution >= 0.6 is 0 Å². The van der Waals surface area contributed by atoms with Crippen molar-refractivity contribution in [2.75, 3.05) is 5.32 Å². The number of hydrogen-bond acceptors (Lipinski definition) is 2. The van der Waals surface area contributed by atoms with E-state index in [0.717, 1.165) is 0 Å². The summed E-state index contributed by atoms with van der Waals surface area (Å²) in [4.78, 5) is 11.8. The number of amides is 1. The lowest BCUT2D eigenvalue weighted by molar-refractivity contribution is -0.120. The second-order valence-corrected chi connectivity index (χ2v) is 4.60. The molecular weight excluding hydrogens is 240 g/mol. The van der Waals surface area contributed by atoms with Crippen molar-refractivity contribution in [3.63, 3.8) is 0 Å². The van der Waals surface area contributed by atoms with Crippen LogP contribution in [0.15, 0.2) is 24.3 Å². The van der Waals surface area contributed by atoms with Crippen LogP contribution in [0.2, 0.25) is 0 Å². The first-order chi connectivity index (χ1) is 8.52. The van der Waals surface area contributed by atoms with E-state index in [-0.39, 0.29) is 25.9 Å². The molecule has 1 amide bonds. The second kappa shape index (κ2) is 5.02. The summed E-state index contributed by atoms with van der Waals surface area (Å²) < 4.78 is 26.0. The Bertz CT molecular complexity index is 448. The summed E-state index contributed by atoms with van der Waals surface area (Å²) in [5.41, 5.74) is 1.07. The molecule has 0 saturated heterocycles. The topological polar surface area (TPSA) is 49.3 Å². The van der Waals surface area contributed by atoms with E-state index in [1.54, 1.807) is 24.3 Å². The molecule has 98 valence electrons. The Morgan fingerprint density at radius 1 is 1.44 bits per heavy atom. The van der Waals surface area contributed by atoms with E-state index in [9.17, 15) is 13.6 Å². The third kappa shape index (κ3) is 2.85. The van der Waals surface area contributed by atoms with Gasteiger partial charge in [0.2, 0.25) is 11.8 Å². The molecular formula is C13H15F2NO2. The predicted octanol–water partition coefficient (Wildman–Crippen LogP) is 2.55. The van der Waals surface area contributed by atoms with Gasteiger partial charge < -0.3 is 10.4 Å². The van der Waals surface area contributed by atoms with Crippen LogP contribution in [0.4, 0.5) is 14.5 Å². The number of aliphatic hydroxyl groups is 1. The van der Waals surface area contributed by atoms with Crippen LogP contribution in [0.1, 0.15) is 24.8 Å². The highest BCUT2D eigenvalue weighted by Gasteiger charge is 2.42. The van der Waals surface area contributed by atoms with Crippen LogP contribution in [-0.2, 0) is 11.4 Å². The first kappa shape index (κ1) is 13.0. The van der Waals surface area contributed by atoms with Gasteiger partial charge in [-0.05, 0) is 12.5 Å². The van der Waals surface area contributed by atoms with Gasteiger partial charge in [-0.15, -0.1) is 0 Å². The van der Waals surface area contributed by atoms with Crippen LogP contribution in [0.3, 0.4) is 0 Å². The van der Waals surface area contributed by atoms with Crippen LogP contribution < -0.4 is 5.32 Å². The number of rotatable bonds is 3. The van der Waals surface area contributed by atoms with Gasteiger partial charge in [0, 0.05) is 30.0 Å². The molecule has 0 heterocycles. The van der Waals surface area contributed by atoms with E-state index < -0.39 is 17.7 Å². The van der Waals surface area contributed by atoms with Crippen molar-refractivity contribution in [3.05, 3.63) is 29.8 Å². The van der Waals surface area contributed by atoms with Gasteiger partial charge >= 0.3 is 0 Å². The Labute approximate surface area is 104 Å². The fourth-order valence-corrected chi connectivity index (χ4v) is 2.19.